The molecule has 7 nitrogen and oxygen atoms in total. The Morgan fingerprint density at radius 2 is 1.97 bits per heavy atom. The van der Waals surface area contributed by atoms with Gasteiger partial charge in [0.1, 0.15) is 11.5 Å². The zero-order valence-electron chi connectivity index (χ0n) is 17.3. The molecule has 3 aromatic rings. The van der Waals surface area contributed by atoms with Crippen molar-refractivity contribution in [2.75, 3.05) is 13.7 Å². The van der Waals surface area contributed by atoms with Crippen LogP contribution in [0, 0.1) is 6.92 Å². The number of amides is 1. The Bertz CT molecular complexity index is 1130. The first-order valence-electron chi connectivity index (χ1n) is 9.96. The number of ether oxygens (including phenoxy) is 1. The Labute approximate surface area is 180 Å². The van der Waals surface area contributed by atoms with E-state index in [1.54, 1.807) is 50.0 Å². The van der Waals surface area contributed by atoms with Crippen LogP contribution in [-0.4, -0.2) is 45.3 Å². The number of rotatable bonds is 6. The van der Waals surface area contributed by atoms with Crippen molar-refractivity contribution in [1.29, 1.82) is 0 Å². The van der Waals surface area contributed by atoms with Crippen molar-refractivity contribution in [2.24, 2.45) is 0 Å². The number of H-pyrrole nitrogens is 1. The van der Waals surface area contributed by atoms with Crippen LogP contribution < -0.4 is 4.74 Å². The minimum atomic E-state index is -0.723. The fraction of sp³-hybridized carbons (Fsp3) is 0.208. The fourth-order valence-corrected chi connectivity index (χ4v) is 3.80. The maximum atomic E-state index is 13.0. The number of imidazole rings is 1. The standard InChI is InChI=1S/C24H23N3O4/c1-15-6-8-16(9-7-15)22(28)20-21(17-4-3-5-19(12-17)31-2)27(24(30)23(20)29)11-10-18-13-25-14-26-18/h3-9,12-14,21,28H,10-11H2,1-2H3,(H,25,26)/b22-20-. The maximum absolute atomic E-state index is 13.0. The van der Waals surface area contributed by atoms with Gasteiger partial charge in [0.05, 0.1) is 25.1 Å². The number of hydrogen-bond acceptors (Lipinski definition) is 5. The zero-order valence-corrected chi connectivity index (χ0v) is 17.3. The summed E-state index contributed by atoms with van der Waals surface area (Å²) in [7, 11) is 1.56. The van der Waals surface area contributed by atoms with Crippen molar-refractivity contribution in [3.63, 3.8) is 0 Å². The van der Waals surface area contributed by atoms with Gasteiger partial charge in [-0.1, -0.05) is 42.0 Å². The highest BCUT2D eigenvalue weighted by atomic mass is 16.5. The van der Waals surface area contributed by atoms with Gasteiger partial charge in [0.15, 0.2) is 0 Å². The maximum Gasteiger partial charge on any atom is 0.295 e. The van der Waals surface area contributed by atoms with Gasteiger partial charge in [-0.15, -0.1) is 0 Å². The molecule has 31 heavy (non-hydrogen) atoms. The molecule has 2 aromatic carbocycles. The lowest BCUT2D eigenvalue weighted by Crippen LogP contribution is -2.31. The lowest BCUT2D eigenvalue weighted by Gasteiger charge is -2.25. The summed E-state index contributed by atoms with van der Waals surface area (Å²) in [4.78, 5) is 34.5. The number of ketones is 1. The van der Waals surface area contributed by atoms with Gasteiger partial charge in [0.25, 0.3) is 11.7 Å². The molecule has 158 valence electrons. The Morgan fingerprint density at radius 3 is 2.65 bits per heavy atom. The zero-order chi connectivity index (χ0) is 22.0. The molecule has 0 spiro atoms. The molecule has 1 aromatic heterocycles. The summed E-state index contributed by atoms with van der Waals surface area (Å²) >= 11 is 0. The second-order valence-corrected chi connectivity index (χ2v) is 7.46. The number of nitrogens with zero attached hydrogens (tertiary/aromatic N) is 2. The van der Waals surface area contributed by atoms with E-state index in [9.17, 15) is 14.7 Å². The Balaban J connectivity index is 1.81. The van der Waals surface area contributed by atoms with E-state index in [1.807, 2.05) is 25.1 Å². The third-order valence-corrected chi connectivity index (χ3v) is 5.45. The predicted molar refractivity (Wildman–Crippen MR) is 115 cm³/mol. The number of aryl methyl sites for hydroxylation is 1. The first-order valence-corrected chi connectivity index (χ1v) is 9.96. The number of carbonyl (C=O) groups excluding carboxylic acids is 2. The van der Waals surface area contributed by atoms with Crippen LogP contribution in [0.1, 0.15) is 28.4 Å². The number of likely N-dealkylation sites (tertiary alicyclic amines) is 1. The molecular formula is C24H23N3O4. The molecule has 1 aliphatic rings. The van der Waals surface area contributed by atoms with E-state index < -0.39 is 17.7 Å². The fourth-order valence-electron chi connectivity index (χ4n) is 3.80. The molecule has 1 fully saturated rings. The molecule has 0 saturated carbocycles. The number of aliphatic hydroxyl groups excluding tert-OH is 1. The minimum Gasteiger partial charge on any atom is -0.507 e. The summed E-state index contributed by atoms with van der Waals surface area (Å²) in [5, 5.41) is 11.1. The molecule has 1 amide bonds. The molecule has 1 aliphatic heterocycles. The Kier molecular flexibility index (Phi) is 5.58. The van der Waals surface area contributed by atoms with E-state index in [2.05, 4.69) is 9.97 Å². The summed E-state index contributed by atoms with van der Waals surface area (Å²) in [6, 6.07) is 13.7. The number of methoxy groups -OCH3 is 1. The van der Waals surface area contributed by atoms with Crippen LogP contribution in [-0.2, 0) is 16.0 Å². The van der Waals surface area contributed by atoms with Crippen LogP contribution in [0.25, 0.3) is 5.76 Å². The highest BCUT2D eigenvalue weighted by Crippen LogP contribution is 2.40. The Hall–Kier alpha value is -3.87. The van der Waals surface area contributed by atoms with Gasteiger partial charge >= 0.3 is 0 Å². The highest BCUT2D eigenvalue weighted by Gasteiger charge is 2.46. The second kappa shape index (κ2) is 8.47. The van der Waals surface area contributed by atoms with E-state index >= 15 is 0 Å². The van der Waals surface area contributed by atoms with Gasteiger partial charge in [-0.2, -0.15) is 0 Å². The molecule has 4 rings (SSSR count). The molecular weight excluding hydrogens is 394 g/mol. The normalized spacial score (nSPS) is 17.9. The average Bonchev–Trinajstić information content (AvgIpc) is 3.39. The van der Waals surface area contributed by atoms with Crippen molar-refractivity contribution < 1.29 is 19.4 Å². The van der Waals surface area contributed by atoms with Crippen molar-refractivity contribution in [2.45, 2.75) is 19.4 Å². The predicted octanol–water partition coefficient (Wildman–Crippen LogP) is 3.39. The van der Waals surface area contributed by atoms with Crippen LogP contribution in [0.15, 0.2) is 66.6 Å². The smallest absolute Gasteiger partial charge is 0.295 e. The highest BCUT2D eigenvalue weighted by molar-refractivity contribution is 6.46. The number of aromatic amines is 1. The monoisotopic (exact) mass is 417 g/mol. The van der Waals surface area contributed by atoms with E-state index in [0.29, 0.717) is 29.8 Å². The molecule has 1 atom stereocenters. The number of aliphatic hydroxyl groups is 1. The minimum absolute atomic E-state index is 0.0757. The van der Waals surface area contributed by atoms with E-state index in [4.69, 9.17) is 4.74 Å². The summed E-state index contributed by atoms with van der Waals surface area (Å²) in [6.07, 6.45) is 3.75. The van der Waals surface area contributed by atoms with Crippen LogP contribution in [0.3, 0.4) is 0 Å². The van der Waals surface area contributed by atoms with Crippen LogP contribution in [0.5, 0.6) is 5.75 Å². The van der Waals surface area contributed by atoms with E-state index in [1.165, 1.54) is 4.90 Å². The van der Waals surface area contributed by atoms with E-state index in [-0.39, 0.29) is 11.3 Å². The van der Waals surface area contributed by atoms with Gasteiger partial charge in [-0.25, -0.2) is 4.98 Å². The molecule has 2 heterocycles. The van der Waals surface area contributed by atoms with Gasteiger partial charge in [-0.05, 0) is 24.6 Å². The summed E-state index contributed by atoms with van der Waals surface area (Å²) in [6.45, 7) is 2.23. The number of hydrogen-bond donors (Lipinski definition) is 2. The van der Waals surface area contributed by atoms with Gasteiger partial charge < -0.3 is 19.7 Å². The molecule has 0 aliphatic carbocycles. The molecule has 0 bridgehead atoms. The summed E-state index contributed by atoms with van der Waals surface area (Å²) in [5.41, 5.74) is 3.14. The van der Waals surface area contributed by atoms with Crippen LogP contribution in [0.2, 0.25) is 0 Å². The first-order chi connectivity index (χ1) is 15.0. The molecule has 1 saturated heterocycles. The van der Waals surface area contributed by atoms with Crippen molar-refractivity contribution in [3.05, 3.63) is 89.0 Å². The van der Waals surface area contributed by atoms with Crippen LogP contribution >= 0.6 is 0 Å². The molecule has 1 unspecified atom stereocenters. The lowest BCUT2D eigenvalue weighted by atomic mass is 9.95. The number of Topliss-reactive ketones (excluding diaryl/α,β-unsaturated/α-hetero) is 1. The number of nitrogens with one attached hydrogen (secondary N) is 1. The third kappa shape index (κ3) is 3.94. The van der Waals surface area contributed by atoms with Crippen LogP contribution in [0.4, 0.5) is 0 Å². The first kappa shape index (κ1) is 20.4. The Morgan fingerprint density at radius 1 is 1.19 bits per heavy atom. The summed E-state index contributed by atoms with van der Waals surface area (Å²) in [5.74, 6) is -0.918. The largest absolute Gasteiger partial charge is 0.507 e. The van der Waals surface area contributed by atoms with Gasteiger partial charge in [0.2, 0.25) is 0 Å². The summed E-state index contributed by atoms with van der Waals surface area (Å²) < 4.78 is 5.34. The van der Waals surface area contributed by atoms with Crippen molar-refractivity contribution in [1.82, 2.24) is 14.9 Å². The van der Waals surface area contributed by atoms with Gasteiger partial charge in [0, 0.05) is 30.4 Å². The SMILES string of the molecule is COc1cccc(C2/C(=C(/O)c3ccc(C)cc3)C(=O)C(=O)N2CCc2cnc[nH]2)c1. The lowest BCUT2D eigenvalue weighted by molar-refractivity contribution is -0.139. The van der Waals surface area contributed by atoms with E-state index in [0.717, 1.165) is 11.3 Å². The number of aromatic nitrogens is 2. The average molecular weight is 417 g/mol. The number of carbonyl (C=O) groups is 2. The topological polar surface area (TPSA) is 95.5 Å². The van der Waals surface area contributed by atoms with Crippen molar-refractivity contribution in [3.8, 4) is 5.75 Å². The van der Waals surface area contributed by atoms with Gasteiger partial charge in [-0.3, -0.25) is 9.59 Å². The number of benzene rings is 2. The molecule has 0 radical (unpaired) electrons. The molecule has 7 heteroatoms. The quantitative estimate of drug-likeness (QED) is 0.364. The third-order valence-electron chi connectivity index (χ3n) is 5.45. The van der Waals surface area contributed by atoms with Crippen molar-refractivity contribution >= 4 is 17.4 Å². The molecule has 2 N–H and O–H groups in total. The second-order valence-electron chi connectivity index (χ2n) is 7.46.